The van der Waals surface area contributed by atoms with Crippen LogP contribution in [0.1, 0.15) is 59.8 Å². The summed E-state index contributed by atoms with van der Waals surface area (Å²) in [5.74, 6) is 0.409. The second-order valence-electron chi connectivity index (χ2n) is 6.63. The van der Waals surface area contributed by atoms with Crippen LogP contribution < -0.4 is 10.6 Å². The number of hydrogen-bond acceptors (Lipinski definition) is 4. The molecule has 0 amide bonds. The van der Waals surface area contributed by atoms with Gasteiger partial charge in [0.15, 0.2) is 5.11 Å². The fourth-order valence-electron chi connectivity index (χ4n) is 3.55. The molecule has 0 aliphatic heterocycles. The number of ether oxygens (including phenoxy) is 1. The summed E-state index contributed by atoms with van der Waals surface area (Å²) in [6, 6.07) is 0.464. The molecule has 2 aliphatic carbocycles. The molecule has 23 heavy (non-hydrogen) atoms. The average molecular weight is 353 g/mol. The maximum absolute atomic E-state index is 12.3. The highest BCUT2D eigenvalue weighted by Gasteiger charge is 2.28. The van der Waals surface area contributed by atoms with Crippen LogP contribution >= 0.6 is 23.6 Å². The van der Waals surface area contributed by atoms with Crippen LogP contribution in [-0.4, -0.2) is 24.2 Å². The van der Waals surface area contributed by atoms with E-state index in [0.29, 0.717) is 22.6 Å². The number of anilines is 1. The first-order valence-corrected chi connectivity index (χ1v) is 9.61. The van der Waals surface area contributed by atoms with Crippen molar-refractivity contribution in [1.29, 1.82) is 0 Å². The Balaban J connectivity index is 1.80. The highest BCUT2D eigenvalue weighted by Crippen LogP contribution is 2.40. The fourth-order valence-corrected chi connectivity index (χ4v) is 5.29. The van der Waals surface area contributed by atoms with Crippen LogP contribution in [0.4, 0.5) is 5.00 Å². The van der Waals surface area contributed by atoms with Gasteiger partial charge < -0.3 is 15.4 Å². The SMILES string of the molecule is COC(=O)c1c(NC(=S)NC2CCCC2)sc2c1CC[C@H](C)C2. The van der Waals surface area contributed by atoms with E-state index >= 15 is 0 Å². The summed E-state index contributed by atoms with van der Waals surface area (Å²) < 4.78 is 5.01. The summed E-state index contributed by atoms with van der Waals surface area (Å²) >= 11 is 7.11. The van der Waals surface area contributed by atoms with Crippen molar-refractivity contribution in [3.05, 3.63) is 16.0 Å². The Kier molecular flexibility index (Phi) is 5.21. The van der Waals surface area contributed by atoms with E-state index in [0.717, 1.165) is 29.8 Å². The summed E-state index contributed by atoms with van der Waals surface area (Å²) in [7, 11) is 1.44. The molecule has 2 aliphatic rings. The van der Waals surface area contributed by atoms with Gasteiger partial charge in [0, 0.05) is 10.9 Å². The molecule has 0 radical (unpaired) electrons. The van der Waals surface area contributed by atoms with Crippen LogP contribution in [0.15, 0.2) is 0 Å². The highest BCUT2D eigenvalue weighted by molar-refractivity contribution is 7.80. The van der Waals surface area contributed by atoms with Crippen molar-refractivity contribution in [3.8, 4) is 0 Å². The van der Waals surface area contributed by atoms with E-state index in [1.165, 1.54) is 37.7 Å². The van der Waals surface area contributed by atoms with Gasteiger partial charge in [-0.1, -0.05) is 19.8 Å². The number of hydrogen-bond donors (Lipinski definition) is 2. The number of fused-ring (bicyclic) bond motifs is 1. The minimum absolute atomic E-state index is 0.261. The zero-order valence-corrected chi connectivity index (χ0v) is 15.4. The smallest absolute Gasteiger partial charge is 0.341 e. The number of thiocarbonyl (C=S) groups is 1. The van der Waals surface area contributed by atoms with Crippen molar-refractivity contribution in [2.24, 2.45) is 5.92 Å². The Morgan fingerprint density at radius 2 is 2.04 bits per heavy atom. The van der Waals surface area contributed by atoms with Crippen molar-refractivity contribution < 1.29 is 9.53 Å². The Hall–Kier alpha value is -1.14. The molecule has 4 nitrogen and oxygen atoms in total. The minimum Gasteiger partial charge on any atom is -0.465 e. The topological polar surface area (TPSA) is 50.4 Å². The van der Waals surface area contributed by atoms with Gasteiger partial charge in [-0.2, -0.15) is 0 Å². The van der Waals surface area contributed by atoms with Crippen molar-refractivity contribution in [2.45, 2.75) is 57.9 Å². The first-order valence-electron chi connectivity index (χ1n) is 8.38. The molecule has 0 spiro atoms. The van der Waals surface area contributed by atoms with E-state index in [-0.39, 0.29) is 5.97 Å². The zero-order chi connectivity index (χ0) is 16.4. The molecule has 1 aromatic rings. The third-order valence-electron chi connectivity index (χ3n) is 4.82. The second kappa shape index (κ2) is 7.18. The molecule has 0 unspecified atom stereocenters. The molecule has 1 fully saturated rings. The molecule has 3 rings (SSSR count). The van der Waals surface area contributed by atoms with Gasteiger partial charge in [-0.25, -0.2) is 4.79 Å². The van der Waals surface area contributed by atoms with Crippen molar-refractivity contribution in [1.82, 2.24) is 5.32 Å². The van der Waals surface area contributed by atoms with Crippen LogP contribution in [0.3, 0.4) is 0 Å². The lowest BCUT2D eigenvalue weighted by Crippen LogP contribution is -2.36. The zero-order valence-electron chi connectivity index (χ0n) is 13.7. The lowest BCUT2D eigenvalue weighted by atomic mass is 9.88. The van der Waals surface area contributed by atoms with E-state index in [1.807, 2.05) is 0 Å². The van der Waals surface area contributed by atoms with Gasteiger partial charge in [-0.3, -0.25) is 0 Å². The number of nitrogens with one attached hydrogen (secondary N) is 2. The molecule has 6 heteroatoms. The molecule has 1 heterocycles. The fraction of sp³-hybridized carbons (Fsp3) is 0.647. The van der Waals surface area contributed by atoms with E-state index in [4.69, 9.17) is 17.0 Å². The minimum atomic E-state index is -0.261. The molecular weight excluding hydrogens is 328 g/mol. The molecule has 2 N–H and O–H groups in total. The number of esters is 1. The number of carbonyl (C=O) groups is 1. The predicted molar refractivity (Wildman–Crippen MR) is 98.5 cm³/mol. The van der Waals surface area contributed by atoms with Gasteiger partial charge in [0.1, 0.15) is 5.00 Å². The van der Waals surface area contributed by atoms with Crippen LogP contribution in [-0.2, 0) is 17.6 Å². The second-order valence-corrected chi connectivity index (χ2v) is 8.14. The molecule has 0 aromatic carbocycles. The Bertz CT molecular complexity index is 606. The standard InChI is InChI=1S/C17H24N2O2S2/c1-10-7-8-12-13(9-10)23-15(14(12)16(20)21-2)19-17(22)18-11-5-3-4-6-11/h10-11H,3-9H2,1-2H3,(H2,18,19,22)/t10-/m0/s1. The summed E-state index contributed by atoms with van der Waals surface area (Å²) in [5.41, 5.74) is 1.85. The van der Waals surface area contributed by atoms with Crippen LogP contribution in [0, 0.1) is 5.92 Å². The molecule has 126 valence electrons. The lowest BCUT2D eigenvalue weighted by molar-refractivity contribution is 0.0601. The van der Waals surface area contributed by atoms with Gasteiger partial charge in [0.05, 0.1) is 12.7 Å². The van der Waals surface area contributed by atoms with E-state index in [1.54, 1.807) is 11.3 Å². The summed E-state index contributed by atoms with van der Waals surface area (Å²) in [6.45, 7) is 2.26. The van der Waals surface area contributed by atoms with E-state index in [2.05, 4.69) is 17.6 Å². The molecule has 1 atom stereocenters. The largest absolute Gasteiger partial charge is 0.465 e. The number of methoxy groups -OCH3 is 1. The number of carbonyl (C=O) groups excluding carboxylic acids is 1. The molecule has 1 aromatic heterocycles. The van der Waals surface area contributed by atoms with Crippen LogP contribution in [0.2, 0.25) is 0 Å². The Morgan fingerprint density at radius 1 is 1.30 bits per heavy atom. The number of rotatable bonds is 3. The monoisotopic (exact) mass is 352 g/mol. The van der Waals surface area contributed by atoms with Crippen LogP contribution in [0.25, 0.3) is 0 Å². The first kappa shape index (κ1) is 16.7. The summed E-state index contributed by atoms with van der Waals surface area (Å²) in [5, 5.41) is 8.10. The maximum Gasteiger partial charge on any atom is 0.341 e. The van der Waals surface area contributed by atoms with Gasteiger partial charge in [-0.15, -0.1) is 11.3 Å². The van der Waals surface area contributed by atoms with E-state index in [9.17, 15) is 4.79 Å². The lowest BCUT2D eigenvalue weighted by Gasteiger charge is -2.18. The van der Waals surface area contributed by atoms with Gasteiger partial charge in [0.25, 0.3) is 0 Å². The Labute approximate surface area is 147 Å². The van der Waals surface area contributed by atoms with Gasteiger partial charge in [-0.05, 0) is 55.8 Å². The van der Waals surface area contributed by atoms with Gasteiger partial charge in [0.2, 0.25) is 0 Å². The molecular formula is C17H24N2O2S2. The summed E-state index contributed by atoms with van der Waals surface area (Å²) in [6.07, 6.45) is 7.97. The quantitative estimate of drug-likeness (QED) is 0.638. The average Bonchev–Trinajstić information content (AvgIpc) is 3.13. The molecule has 0 saturated heterocycles. The summed E-state index contributed by atoms with van der Waals surface area (Å²) in [4.78, 5) is 13.6. The molecule has 0 bridgehead atoms. The van der Waals surface area contributed by atoms with E-state index < -0.39 is 0 Å². The van der Waals surface area contributed by atoms with Crippen molar-refractivity contribution in [2.75, 3.05) is 12.4 Å². The number of thiophene rings is 1. The predicted octanol–water partition coefficient (Wildman–Crippen LogP) is 3.89. The third kappa shape index (κ3) is 3.69. The maximum atomic E-state index is 12.3. The molecule has 1 saturated carbocycles. The van der Waals surface area contributed by atoms with Gasteiger partial charge >= 0.3 is 5.97 Å². The third-order valence-corrected chi connectivity index (χ3v) is 6.21. The first-order chi connectivity index (χ1) is 11.1. The van der Waals surface area contributed by atoms with Crippen LogP contribution in [0.5, 0.6) is 0 Å². The van der Waals surface area contributed by atoms with Crippen molar-refractivity contribution >= 4 is 39.6 Å². The Morgan fingerprint density at radius 3 is 2.74 bits per heavy atom. The normalized spacial score (nSPS) is 20.9. The van der Waals surface area contributed by atoms with Crippen molar-refractivity contribution in [3.63, 3.8) is 0 Å². The highest BCUT2D eigenvalue weighted by atomic mass is 32.1.